The molecule has 0 saturated carbocycles. The van der Waals surface area contributed by atoms with Gasteiger partial charge < -0.3 is 4.90 Å². The third kappa shape index (κ3) is 2.60. The molecule has 0 N–H and O–H groups in total. The van der Waals surface area contributed by atoms with Crippen LogP contribution in [0.1, 0.15) is 39.0 Å². The topological polar surface area (TPSA) is 51.0 Å². The van der Waals surface area contributed by atoms with Crippen LogP contribution in [0.25, 0.3) is 11.0 Å². The van der Waals surface area contributed by atoms with Crippen molar-refractivity contribution in [3.8, 4) is 0 Å². The molecule has 6 heteroatoms. The van der Waals surface area contributed by atoms with Crippen molar-refractivity contribution in [2.45, 2.75) is 25.7 Å². The van der Waals surface area contributed by atoms with Gasteiger partial charge in [-0.05, 0) is 44.0 Å². The lowest BCUT2D eigenvalue weighted by atomic mass is 9.92. The van der Waals surface area contributed by atoms with Gasteiger partial charge in [-0.2, -0.15) is 5.10 Å². The lowest BCUT2D eigenvalue weighted by Gasteiger charge is -2.31. The Morgan fingerprint density at radius 1 is 1.25 bits per heavy atom. The molecular weight excluding hydrogens is 320 g/mol. The molecule has 4 rings (SSSR count). The van der Waals surface area contributed by atoms with E-state index in [0.29, 0.717) is 5.92 Å². The zero-order valence-electron chi connectivity index (χ0n) is 13.9. The standard InChI is InChI=1S/C18H20N4OS/c1-12-5-6-15(24-12)18(23)22-10-7-13(8-11-22)16-14-4-3-9-19-17(14)21(2)20-16/h3-6,9,13H,7-8,10-11H2,1-2H3. The van der Waals surface area contributed by atoms with Crippen LogP contribution in [0.2, 0.25) is 0 Å². The number of thiophene rings is 1. The molecule has 0 radical (unpaired) electrons. The van der Waals surface area contributed by atoms with Gasteiger partial charge in [0.05, 0.1) is 10.6 Å². The highest BCUT2D eigenvalue weighted by Crippen LogP contribution is 2.32. The van der Waals surface area contributed by atoms with Gasteiger partial charge in [0.2, 0.25) is 0 Å². The van der Waals surface area contributed by atoms with E-state index in [4.69, 9.17) is 5.10 Å². The predicted molar refractivity (Wildman–Crippen MR) is 95.4 cm³/mol. The highest BCUT2D eigenvalue weighted by Gasteiger charge is 2.28. The first-order valence-electron chi connectivity index (χ1n) is 8.27. The number of amides is 1. The van der Waals surface area contributed by atoms with Gasteiger partial charge in [-0.3, -0.25) is 9.48 Å². The largest absolute Gasteiger partial charge is 0.338 e. The number of carbonyl (C=O) groups excluding carboxylic acids is 1. The van der Waals surface area contributed by atoms with Crippen LogP contribution in [0, 0.1) is 6.92 Å². The molecule has 24 heavy (non-hydrogen) atoms. The van der Waals surface area contributed by atoms with Gasteiger partial charge in [0.15, 0.2) is 5.65 Å². The van der Waals surface area contributed by atoms with Crippen LogP contribution in [0.3, 0.4) is 0 Å². The fraction of sp³-hybridized carbons (Fsp3) is 0.389. The van der Waals surface area contributed by atoms with E-state index in [9.17, 15) is 4.79 Å². The number of likely N-dealkylation sites (tertiary alicyclic amines) is 1. The molecule has 0 atom stereocenters. The van der Waals surface area contributed by atoms with Crippen molar-refractivity contribution >= 4 is 28.3 Å². The third-order valence-electron chi connectivity index (χ3n) is 4.75. The molecule has 124 valence electrons. The molecule has 5 nitrogen and oxygen atoms in total. The summed E-state index contributed by atoms with van der Waals surface area (Å²) < 4.78 is 1.86. The smallest absolute Gasteiger partial charge is 0.263 e. The first-order valence-corrected chi connectivity index (χ1v) is 9.08. The Balaban J connectivity index is 1.50. The molecule has 1 aliphatic rings. The molecule has 3 aromatic heterocycles. The molecule has 1 aliphatic heterocycles. The van der Waals surface area contributed by atoms with Crippen molar-refractivity contribution < 1.29 is 4.79 Å². The Labute approximate surface area is 144 Å². The number of nitrogens with zero attached hydrogens (tertiary/aromatic N) is 4. The van der Waals surface area contributed by atoms with Crippen LogP contribution in [0.15, 0.2) is 30.5 Å². The average molecular weight is 340 g/mol. The van der Waals surface area contributed by atoms with Crippen LogP contribution in [0.4, 0.5) is 0 Å². The number of hydrogen-bond donors (Lipinski definition) is 0. The molecule has 1 amide bonds. The van der Waals surface area contributed by atoms with Gasteiger partial charge in [-0.15, -0.1) is 11.3 Å². The Morgan fingerprint density at radius 3 is 2.75 bits per heavy atom. The minimum atomic E-state index is 0.166. The van der Waals surface area contributed by atoms with E-state index in [1.165, 1.54) is 4.88 Å². The van der Waals surface area contributed by atoms with E-state index in [2.05, 4.69) is 11.1 Å². The van der Waals surface area contributed by atoms with Crippen LogP contribution in [-0.2, 0) is 7.05 Å². The van der Waals surface area contributed by atoms with Crippen molar-refractivity contribution in [2.75, 3.05) is 13.1 Å². The summed E-state index contributed by atoms with van der Waals surface area (Å²) in [4.78, 5) is 21.0. The molecule has 1 fully saturated rings. The Hall–Kier alpha value is -2.21. The van der Waals surface area contributed by atoms with Crippen molar-refractivity contribution in [1.82, 2.24) is 19.7 Å². The number of fused-ring (bicyclic) bond motifs is 1. The minimum Gasteiger partial charge on any atom is -0.338 e. The minimum absolute atomic E-state index is 0.166. The summed E-state index contributed by atoms with van der Waals surface area (Å²) in [7, 11) is 1.94. The number of rotatable bonds is 2. The highest BCUT2D eigenvalue weighted by atomic mass is 32.1. The zero-order valence-corrected chi connectivity index (χ0v) is 14.7. The second-order valence-electron chi connectivity index (χ2n) is 6.36. The Kier molecular flexibility index (Phi) is 3.84. The first kappa shape index (κ1) is 15.3. The summed E-state index contributed by atoms with van der Waals surface area (Å²) >= 11 is 1.58. The summed E-state index contributed by atoms with van der Waals surface area (Å²) in [5.41, 5.74) is 2.06. The fourth-order valence-corrected chi connectivity index (χ4v) is 4.32. The summed E-state index contributed by atoms with van der Waals surface area (Å²) in [6.07, 6.45) is 3.71. The lowest BCUT2D eigenvalue weighted by molar-refractivity contribution is 0.0717. The van der Waals surface area contributed by atoms with Crippen LogP contribution < -0.4 is 0 Å². The molecule has 4 heterocycles. The first-order chi connectivity index (χ1) is 11.6. The van der Waals surface area contributed by atoms with Gasteiger partial charge in [0, 0.05) is 42.5 Å². The fourth-order valence-electron chi connectivity index (χ4n) is 3.48. The van der Waals surface area contributed by atoms with E-state index >= 15 is 0 Å². The second-order valence-corrected chi connectivity index (χ2v) is 7.65. The number of pyridine rings is 1. The molecule has 3 aromatic rings. The molecular formula is C18H20N4OS. The molecule has 0 unspecified atom stereocenters. The monoisotopic (exact) mass is 340 g/mol. The molecule has 0 spiro atoms. The van der Waals surface area contributed by atoms with Gasteiger partial charge in [-0.25, -0.2) is 4.98 Å². The summed E-state index contributed by atoms with van der Waals surface area (Å²) in [6, 6.07) is 8.01. The van der Waals surface area contributed by atoms with Crippen LogP contribution >= 0.6 is 11.3 Å². The van der Waals surface area contributed by atoms with E-state index < -0.39 is 0 Å². The van der Waals surface area contributed by atoms with Gasteiger partial charge in [0.1, 0.15) is 0 Å². The second kappa shape index (κ2) is 6.02. The zero-order chi connectivity index (χ0) is 16.7. The molecule has 0 aromatic carbocycles. The third-order valence-corrected chi connectivity index (χ3v) is 5.74. The maximum atomic E-state index is 12.6. The normalized spacial score (nSPS) is 16.0. The SMILES string of the molecule is Cc1ccc(C(=O)N2CCC(c3nn(C)c4ncccc34)CC2)s1. The van der Waals surface area contributed by atoms with Gasteiger partial charge in [-0.1, -0.05) is 0 Å². The number of aryl methyl sites for hydroxylation is 2. The maximum absolute atomic E-state index is 12.6. The molecule has 0 aliphatic carbocycles. The van der Waals surface area contributed by atoms with Crippen LogP contribution in [-0.4, -0.2) is 38.7 Å². The number of aromatic nitrogens is 3. The van der Waals surface area contributed by atoms with Crippen molar-refractivity contribution in [3.05, 3.63) is 45.9 Å². The van der Waals surface area contributed by atoms with Gasteiger partial charge >= 0.3 is 0 Å². The number of hydrogen-bond acceptors (Lipinski definition) is 4. The lowest BCUT2D eigenvalue weighted by Crippen LogP contribution is -2.37. The highest BCUT2D eigenvalue weighted by molar-refractivity contribution is 7.13. The van der Waals surface area contributed by atoms with Crippen molar-refractivity contribution in [1.29, 1.82) is 0 Å². The Morgan fingerprint density at radius 2 is 2.04 bits per heavy atom. The quantitative estimate of drug-likeness (QED) is 0.719. The predicted octanol–water partition coefficient (Wildman–Crippen LogP) is 3.36. The summed E-state index contributed by atoms with van der Waals surface area (Å²) in [6.45, 7) is 3.62. The maximum Gasteiger partial charge on any atom is 0.263 e. The van der Waals surface area contributed by atoms with Crippen LogP contribution in [0.5, 0.6) is 0 Å². The van der Waals surface area contributed by atoms with E-state index in [0.717, 1.165) is 47.5 Å². The molecule has 0 bridgehead atoms. The average Bonchev–Trinajstić information content (AvgIpc) is 3.19. The number of piperidine rings is 1. The van der Waals surface area contributed by atoms with Crippen molar-refractivity contribution in [3.63, 3.8) is 0 Å². The number of carbonyl (C=O) groups is 1. The summed E-state index contributed by atoms with van der Waals surface area (Å²) in [5, 5.41) is 5.84. The van der Waals surface area contributed by atoms with Crippen molar-refractivity contribution in [2.24, 2.45) is 7.05 Å². The van der Waals surface area contributed by atoms with E-state index in [1.807, 2.05) is 41.8 Å². The summed E-state index contributed by atoms with van der Waals surface area (Å²) in [5.74, 6) is 0.561. The molecule has 1 saturated heterocycles. The van der Waals surface area contributed by atoms with E-state index in [-0.39, 0.29) is 5.91 Å². The Bertz CT molecular complexity index is 889. The van der Waals surface area contributed by atoms with E-state index in [1.54, 1.807) is 17.5 Å². The van der Waals surface area contributed by atoms with Gasteiger partial charge in [0.25, 0.3) is 5.91 Å².